The topological polar surface area (TPSA) is 67.8 Å². The molecule has 0 bridgehead atoms. The summed E-state index contributed by atoms with van der Waals surface area (Å²) in [7, 11) is 0. The van der Waals surface area contributed by atoms with Crippen LogP contribution < -0.4 is 0 Å². The monoisotopic (exact) mass is 392 g/mol. The summed E-state index contributed by atoms with van der Waals surface area (Å²) >= 11 is 1.33. The molecule has 2 fully saturated rings. The number of pyridine rings is 1. The maximum atomic E-state index is 14.0. The van der Waals surface area contributed by atoms with Crippen LogP contribution >= 0.6 is 11.3 Å². The van der Waals surface area contributed by atoms with E-state index in [1.165, 1.54) is 17.5 Å². The molecular formula is C18H21FN4O3S. The number of carbonyl (C=O) groups excluding carboxylic acids is 1. The number of halogens is 1. The van der Waals surface area contributed by atoms with E-state index >= 15 is 0 Å². The zero-order valence-corrected chi connectivity index (χ0v) is 15.7. The number of hydrogen-bond donors (Lipinski definition) is 0. The number of hydrogen-bond acceptors (Lipinski definition) is 7. The van der Waals surface area contributed by atoms with E-state index in [0.29, 0.717) is 50.0 Å². The summed E-state index contributed by atoms with van der Waals surface area (Å²) in [6.45, 7) is 3.46. The summed E-state index contributed by atoms with van der Waals surface area (Å²) in [6.07, 6.45) is 5.26. The molecule has 2 aromatic rings. The molecule has 0 aromatic carbocycles. The molecule has 1 spiro atoms. The lowest BCUT2D eigenvalue weighted by Gasteiger charge is -2.43. The summed E-state index contributed by atoms with van der Waals surface area (Å²) in [5.41, 5.74) is 0.591. The predicted molar refractivity (Wildman–Crippen MR) is 96.7 cm³/mol. The molecule has 2 aromatic heterocycles. The fraction of sp³-hybridized carbons (Fsp3) is 0.500. The Morgan fingerprint density at radius 1 is 1.26 bits per heavy atom. The summed E-state index contributed by atoms with van der Waals surface area (Å²) < 4.78 is 26.0. The van der Waals surface area contributed by atoms with Gasteiger partial charge in [0.05, 0.1) is 32.5 Å². The first kappa shape index (κ1) is 18.4. The number of amides is 1. The van der Waals surface area contributed by atoms with Gasteiger partial charge in [-0.2, -0.15) is 0 Å². The molecule has 2 aliphatic rings. The average Bonchev–Trinajstić information content (AvgIpc) is 3.15. The first-order valence-corrected chi connectivity index (χ1v) is 9.81. The lowest BCUT2D eigenvalue weighted by molar-refractivity contribution is -0.261. The second kappa shape index (κ2) is 7.97. The highest BCUT2D eigenvalue weighted by molar-refractivity contribution is 7.11. The van der Waals surface area contributed by atoms with Gasteiger partial charge in [0.1, 0.15) is 5.82 Å². The van der Waals surface area contributed by atoms with Crippen molar-refractivity contribution >= 4 is 17.2 Å². The molecule has 2 saturated heterocycles. The van der Waals surface area contributed by atoms with E-state index in [1.54, 1.807) is 28.7 Å². The molecule has 0 aliphatic carbocycles. The van der Waals surface area contributed by atoms with Gasteiger partial charge in [0.2, 0.25) is 0 Å². The van der Waals surface area contributed by atoms with Crippen molar-refractivity contribution in [3.05, 3.63) is 46.4 Å². The average molecular weight is 392 g/mol. The van der Waals surface area contributed by atoms with Gasteiger partial charge < -0.3 is 14.4 Å². The lowest BCUT2D eigenvalue weighted by atomic mass is 10.1. The number of ether oxygens (including phenoxy) is 2. The minimum absolute atomic E-state index is 0.104. The van der Waals surface area contributed by atoms with E-state index in [1.807, 2.05) is 0 Å². The highest BCUT2D eigenvalue weighted by Crippen LogP contribution is 2.26. The molecule has 0 N–H and O–H groups in total. The summed E-state index contributed by atoms with van der Waals surface area (Å²) in [4.78, 5) is 24.4. The van der Waals surface area contributed by atoms with E-state index < -0.39 is 5.79 Å². The van der Waals surface area contributed by atoms with Gasteiger partial charge in [-0.15, -0.1) is 11.3 Å². The van der Waals surface area contributed by atoms with Crippen molar-refractivity contribution in [3.63, 3.8) is 0 Å². The van der Waals surface area contributed by atoms with E-state index in [-0.39, 0.29) is 11.7 Å². The molecule has 0 saturated carbocycles. The Morgan fingerprint density at radius 3 is 2.96 bits per heavy atom. The van der Waals surface area contributed by atoms with Gasteiger partial charge in [-0.05, 0) is 12.5 Å². The van der Waals surface area contributed by atoms with E-state index in [0.717, 1.165) is 13.0 Å². The smallest absolute Gasteiger partial charge is 0.283 e. The second-order valence-corrected chi connectivity index (χ2v) is 7.60. The molecule has 4 heterocycles. The first-order valence-electron chi connectivity index (χ1n) is 8.93. The summed E-state index contributed by atoms with van der Waals surface area (Å²) in [6, 6.07) is 1.69. The van der Waals surface area contributed by atoms with Crippen molar-refractivity contribution in [2.45, 2.75) is 18.8 Å². The molecule has 2 aliphatic heterocycles. The van der Waals surface area contributed by atoms with Gasteiger partial charge in [0, 0.05) is 43.0 Å². The Hall–Kier alpha value is -1.94. The molecule has 27 heavy (non-hydrogen) atoms. The fourth-order valence-corrected chi connectivity index (χ4v) is 4.10. The Kier molecular flexibility index (Phi) is 5.44. The maximum Gasteiger partial charge on any atom is 0.283 e. The third-order valence-corrected chi connectivity index (χ3v) is 5.52. The molecule has 1 amide bonds. The third kappa shape index (κ3) is 4.16. The minimum Gasteiger partial charge on any atom is -0.347 e. The lowest BCUT2D eigenvalue weighted by Crippen LogP contribution is -2.59. The Balaban J connectivity index is 1.49. The van der Waals surface area contributed by atoms with Gasteiger partial charge in [-0.25, -0.2) is 9.37 Å². The van der Waals surface area contributed by atoms with Crippen LogP contribution in [-0.4, -0.2) is 70.9 Å². The van der Waals surface area contributed by atoms with Crippen LogP contribution in [0.3, 0.4) is 0 Å². The van der Waals surface area contributed by atoms with Crippen molar-refractivity contribution in [2.75, 3.05) is 39.4 Å². The zero-order chi connectivity index (χ0) is 18.7. The predicted octanol–water partition coefficient (Wildman–Crippen LogP) is 1.77. The molecule has 1 unspecified atom stereocenters. The quantitative estimate of drug-likeness (QED) is 0.793. The van der Waals surface area contributed by atoms with Crippen LogP contribution in [0.5, 0.6) is 0 Å². The van der Waals surface area contributed by atoms with Gasteiger partial charge in [0.15, 0.2) is 10.8 Å². The van der Waals surface area contributed by atoms with Gasteiger partial charge >= 0.3 is 0 Å². The third-order valence-electron chi connectivity index (χ3n) is 4.76. The van der Waals surface area contributed by atoms with E-state index in [9.17, 15) is 9.18 Å². The zero-order valence-electron chi connectivity index (χ0n) is 14.8. The highest BCUT2D eigenvalue weighted by atomic mass is 32.1. The van der Waals surface area contributed by atoms with Crippen LogP contribution in [0.15, 0.2) is 30.0 Å². The molecule has 7 nitrogen and oxygen atoms in total. The molecule has 144 valence electrons. The number of thiazole rings is 1. The normalized spacial score (nSPS) is 24.1. The molecule has 0 radical (unpaired) electrons. The van der Waals surface area contributed by atoms with Crippen molar-refractivity contribution in [3.8, 4) is 0 Å². The number of morpholine rings is 1. The maximum absolute atomic E-state index is 14.0. The van der Waals surface area contributed by atoms with Crippen LogP contribution in [0.1, 0.15) is 21.8 Å². The van der Waals surface area contributed by atoms with E-state index in [2.05, 4.69) is 14.9 Å². The van der Waals surface area contributed by atoms with Crippen molar-refractivity contribution in [1.29, 1.82) is 0 Å². The summed E-state index contributed by atoms with van der Waals surface area (Å²) in [5, 5.41) is 2.26. The highest BCUT2D eigenvalue weighted by Gasteiger charge is 2.42. The van der Waals surface area contributed by atoms with Crippen LogP contribution in [0.25, 0.3) is 0 Å². The second-order valence-electron chi connectivity index (χ2n) is 6.70. The Bertz CT molecular complexity index is 791. The van der Waals surface area contributed by atoms with Crippen molar-refractivity contribution in [1.82, 2.24) is 19.8 Å². The first-order chi connectivity index (χ1) is 13.2. The Morgan fingerprint density at radius 2 is 2.15 bits per heavy atom. The number of carbonyl (C=O) groups is 1. The van der Waals surface area contributed by atoms with Gasteiger partial charge in [0.25, 0.3) is 5.91 Å². The van der Waals surface area contributed by atoms with Crippen LogP contribution in [0.2, 0.25) is 0 Å². The molecule has 4 rings (SSSR count). The largest absolute Gasteiger partial charge is 0.347 e. The SMILES string of the molecule is O=C(c1nccs1)N1CCOC2(CN(Cc3ccncc3F)CCCO2)C1. The van der Waals surface area contributed by atoms with Crippen LogP contribution in [-0.2, 0) is 16.0 Å². The fourth-order valence-electron chi connectivity index (χ4n) is 3.50. The van der Waals surface area contributed by atoms with Crippen LogP contribution in [0.4, 0.5) is 4.39 Å². The van der Waals surface area contributed by atoms with Gasteiger partial charge in [-0.1, -0.05) is 0 Å². The van der Waals surface area contributed by atoms with E-state index in [4.69, 9.17) is 9.47 Å². The minimum atomic E-state index is -0.898. The number of nitrogens with zero attached hydrogens (tertiary/aromatic N) is 4. The standard InChI is InChI=1S/C18H21FN4O3S/c19-15-10-20-3-2-14(15)11-22-5-1-7-25-18(12-22)13-23(6-8-26-18)17(24)16-21-4-9-27-16/h2-4,9-10H,1,5-8,11-13H2. The molecule has 1 atom stereocenters. The number of aromatic nitrogens is 2. The van der Waals surface area contributed by atoms with Crippen LogP contribution in [0, 0.1) is 5.82 Å². The number of rotatable bonds is 3. The molecule has 9 heteroatoms. The Labute approximate surface area is 160 Å². The van der Waals surface area contributed by atoms with Gasteiger partial charge in [-0.3, -0.25) is 14.7 Å². The molecular weight excluding hydrogens is 371 g/mol. The van der Waals surface area contributed by atoms with Crippen molar-refractivity contribution < 1.29 is 18.7 Å². The summed E-state index contributed by atoms with van der Waals surface area (Å²) in [5.74, 6) is -1.32. The van der Waals surface area contributed by atoms with Crippen molar-refractivity contribution in [2.24, 2.45) is 0 Å².